The summed E-state index contributed by atoms with van der Waals surface area (Å²) in [5.41, 5.74) is 6.53. The number of carbonyl (C=O) groups excluding carboxylic acids is 2. The van der Waals surface area contributed by atoms with Crippen molar-refractivity contribution < 1.29 is 37.4 Å². The van der Waals surface area contributed by atoms with E-state index in [1.807, 2.05) is 38.1 Å². The Bertz CT molecular complexity index is 1120. The van der Waals surface area contributed by atoms with E-state index >= 15 is 0 Å². The van der Waals surface area contributed by atoms with Crippen LogP contribution in [-0.2, 0) is 14.4 Å². The van der Waals surface area contributed by atoms with Gasteiger partial charge in [0.2, 0.25) is 11.8 Å². The Labute approximate surface area is 212 Å². The molecule has 2 fully saturated rings. The van der Waals surface area contributed by atoms with Crippen LogP contribution in [-0.4, -0.2) is 57.6 Å². The fourth-order valence-electron chi connectivity index (χ4n) is 5.11. The number of carboxylic acids is 1. The number of benzene rings is 1. The number of fused-ring (bicyclic) bond motifs is 1. The van der Waals surface area contributed by atoms with Gasteiger partial charge in [-0.25, -0.2) is 9.79 Å². The van der Waals surface area contributed by atoms with E-state index in [-0.39, 0.29) is 41.3 Å². The van der Waals surface area contributed by atoms with Gasteiger partial charge in [-0.15, -0.1) is 0 Å². The van der Waals surface area contributed by atoms with Crippen molar-refractivity contribution in [1.82, 2.24) is 10.2 Å². The topological polar surface area (TPSA) is 134 Å². The summed E-state index contributed by atoms with van der Waals surface area (Å²) in [6.07, 6.45) is 0.141. The fourth-order valence-corrected chi connectivity index (χ4v) is 5.11. The first-order chi connectivity index (χ1) is 17.2. The molecule has 1 aromatic carbocycles. The lowest BCUT2D eigenvalue weighted by Gasteiger charge is -2.48. The number of amides is 2. The number of hydrogen-bond donors (Lipinski definition) is 3. The molecule has 2 saturated carbocycles. The molecule has 9 nitrogen and oxygen atoms in total. The number of para-hydroxylation sites is 1. The van der Waals surface area contributed by atoms with Gasteiger partial charge in [0.1, 0.15) is 11.4 Å². The normalized spacial score (nSPS) is 26.9. The SMILES string of the molecule is CC1(C)CC(=O)N(C[C@@H]2C[C@H]2C(=O)NC2CC3(CCC3)Oc3ccccc32)C(N)=N1.O=C(O)C(F)(F)F. The molecule has 2 heterocycles. The lowest BCUT2D eigenvalue weighted by atomic mass is 9.73. The maximum Gasteiger partial charge on any atom is 0.490 e. The molecule has 1 unspecified atom stereocenters. The standard InChI is InChI=1S/C23H30N4O3.C2HF3O2/c1-22(2)12-19(28)27(21(24)26-22)13-14-10-16(14)20(29)25-17-11-23(8-5-9-23)30-18-7-4-3-6-15(17)18;3-2(4,5)1(6)7/h3-4,6-7,14,16-17H,5,8-13H2,1-2H3,(H2,24,26)(H,25,29);(H,6,7)/t14-,16+,17?;/m0./s1. The molecule has 0 bridgehead atoms. The van der Waals surface area contributed by atoms with Crippen LogP contribution in [0.5, 0.6) is 5.75 Å². The fraction of sp³-hybridized carbons (Fsp3) is 0.600. The zero-order valence-electron chi connectivity index (χ0n) is 20.7. The third-order valence-electron chi connectivity index (χ3n) is 7.28. The zero-order chi connectivity index (χ0) is 27.2. The van der Waals surface area contributed by atoms with Crippen molar-refractivity contribution in [3.63, 3.8) is 0 Å². The lowest BCUT2D eigenvalue weighted by molar-refractivity contribution is -0.192. The van der Waals surface area contributed by atoms with E-state index in [2.05, 4.69) is 10.3 Å². The molecule has 202 valence electrons. The Kier molecular flexibility index (Phi) is 6.89. The molecule has 2 aliphatic heterocycles. The molecule has 0 radical (unpaired) electrons. The van der Waals surface area contributed by atoms with Crippen molar-refractivity contribution in [3.05, 3.63) is 29.8 Å². The minimum atomic E-state index is -5.08. The summed E-state index contributed by atoms with van der Waals surface area (Å²) in [5, 5.41) is 10.4. The number of guanidine groups is 1. The number of alkyl halides is 3. The van der Waals surface area contributed by atoms with Gasteiger partial charge < -0.3 is 20.9 Å². The minimum absolute atomic E-state index is 0.0103. The van der Waals surface area contributed by atoms with E-state index in [1.54, 1.807) is 4.90 Å². The van der Waals surface area contributed by atoms with Crippen molar-refractivity contribution in [3.8, 4) is 5.75 Å². The van der Waals surface area contributed by atoms with Crippen molar-refractivity contribution in [1.29, 1.82) is 0 Å². The first-order valence-electron chi connectivity index (χ1n) is 12.2. The van der Waals surface area contributed by atoms with Crippen LogP contribution in [0.3, 0.4) is 0 Å². The van der Waals surface area contributed by atoms with Crippen LogP contribution in [0.4, 0.5) is 13.2 Å². The van der Waals surface area contributed by atoms with E-state index in [0.717, 1.165) is 37.0 Å². The number of aliphatic imine (C=N–C) groups is 1. The Hall–Kier alpha value is -3.31. The third-order valence-corrected chi connectivity index (χ3v) is 7.28. The van der Waals surface area contributed by atoms with Gasteiger partial charge in [-0.2, -0.15) is 13.2 Å². The van der Waals surface area contributed by atoms with E-state index in [4.69, 9.17) is 20.4 Å². The predicted octanol–water partition coefficient (Wildman–Crippen LogP) is 3.14. The molecule has 37 heavy (non-hydrogen) atoms. The average Bonchev–Trinajstić information content (AvgIpc) is 3.54. The molecule has 4 N–H and O–H groups in total. The lowest BCUT2D eigenvalue weighted by Crippen LogP contribution is -2.51. The van der Waals surface area contributed by atoms with Crippen LogP contribution in [0, 0.1) is 11.8 Å². The minimum Gasteiger partial charge on any atom is -0.487 e. The van der Waals surface area contributed by atoms with Crippen LogP contribution < -0.4 is 15.8 Å². The molecular weight excluding hydrogens is 493 g/mol. The van der Waals surface area contributed by atoms with Crippen LogP contribution in [0.15, 0.2) is 29.3 Å². The summed E-state index contributed by atoms with van der Waals surface area (Å²) < 4.78 is 38.0. The Morgan fingerprint density at radius 3 is 2.49 bits per heavy atom. The Balaban J connectivity index is 0.000000405. The summed E-state index contributed by atoms with van der Waals surface area (Å²) in [7, 11) is 0. The van der Waals surface area contributed by atoms with E-state index in [9.17, 15) is 22.8 Å². The van der Waals surface area contributed by atoms with Gasteiger partial charge in [0, 0.05) is 24.4 Å². The van der Waals surface area contributed by atoms with Crippen LogP contribution in [0.2, 0.25) is 0 Å². The Morgan fingerprint density at radius 2 is 1.92 bits per heavy atom. The summed E-state index contributed by atoms with van der Waals surface area (Å²) in [6, 6.07) is 8.00. The first kappa shape index (κ1) is 26.7. The molecule has 4 aliphatic rings. The second-order valence-corrected chi connectivity index (χ2v) is 10.8. The quantitative estimate of drug-likeness (QED) is 0.554. The monoisotopic (exact) mass is 524 g/mol. The number of nitrogens with one attached hydrogen (secondary N) is 1. The highest BCUT2D eigenvalue weighted by molar-refractivity contribution is 5.99. The maximum absolute atomic E-state index is 13.0. The van der Waals surface area contributed by atoms with Crippen LogP contribution in [0.1, 0.15) is 64.0 Å². The summed E-state index contributed by atoms with van der Waals surface area (Å²) >= 11 is 0. The molecule has 2 aliphatic carbocycles. The molecule has 3 atom stereocenters. The zero-order valence-corrected chi connectivity index (χ0v) is 20.7. The van der Waals surface area contributed by atoms with Gasteiger partial charge in [0.15, 0.2) is 5.96 Å². The van der Waals surface area contributed by atoms with Gasteiger partial charge in [-0.05, 0) is 51.5 Å². The molecule has 2 amide bonds. The maximum atomic E-state index is 13.0. The van der Waals surface area contributed by atoms with Gasteiger partial charge in [0.25, 0.3) is 0 Å². The summed E-state index contributed by atoms with van der Waals surface area (Å²) in [5.74, 6) is -1.48. The van der Waals surface area contributed by atoms with Crippen molar-refractivity contribution in [2.45, 2.75) is 75.7 Å². The number of nitrogens with two attached hydrogens (primary N) is 1. The molecule has 0 aromatic heterocycles. The van der Waals surface area contributed by atoms with Gasteiger partial charge in [-0.1, -0.05) is 18.2 Å². The number of halogens is 3. The number of ether oxygens (including phenoxy) is 1. The summed E-state index contributed by atoms with van der Waals surface area (Å²) in [4.78, 5) is 40.4. The molecule has 12 heteroatoms. The number of carboxylic acid groups (broad SMARTS) is 1. The largest absolute Gasteiger partial charge is 0.490 e. The van der Waals surface area contributed by atoms with Gasteiger partial charge >= 0.3 is 12.1 Å². The second kappa shape index (κ2) is 9.53. The molecule has 1 aromatic rings. The van der Waals surface area contributed by atoms with E-state index < -0.39 is 17.7 Å². The van der Waals surface area contributed by atoms with Crippen molar-refractivity contribution in [2.75, 3.05) is 6.54 Å². The van der Waals surface area contributed by atoms with E-state index in [1.165, 1.54) is 6.42 Å². The van der Waals surface area contributed by atoms with Crippen LogP contribution in [0.25, 0.3) is 0 Å². The van der Waals surface area contributed by atoms with Gasteiger partial charge in [-0.3, -0.25) is 14.5 Å². The number of hydrogen-bond acceptors (Lipinski definition) is 6. The average molecular weight is 525 g/mol. The molecule has 1 spiro atoms. The predicted molar refractivity (Wildman–Crippen MR) is 126 cm³/mol. The number of aliphatic carboxylic acids is 1. The summed E-state index contributed by atoms with van der Waals surface area (Å²) in [6.45, 7) is 4.28. The molecule has 0 saturated heterocycles. The van der Waals surface area contributed by atoms with Gasteiger partial charge in [0.05, 0.1) is 18.0 Å². The number of rotatable bonds is 4. The number of carbonyl (C=O) groups is 3. The third kappa shape index (κ3) is 5.99. The van der Waals surface area contributed by atoms with Crippen molar-refractivity contribution >= 4 is 23.7 Å². The second-order valence-electron chi connectivity index (χ2n) is 10.8. The first-order valence-corrected chi connectivity index (χ1v) is 12.2. The van der Waals surface area contributed by atoms with E-state index in [0.29, 0.717) is 13.0 Å². The smallest absolute Gasteiger partial charge is 0.487 e. The Morgan fingerprint density at radius 1 is 1.27 bits per heavy atom. The van der Waals surface area contributed by atoms with Crippen LogP contribution >= 0.6 is 0 Å². The molecule has 5 rings (SSSR count). The van der Waals surface area contributed by atoms with Crippen molar-refractivity contribution in [2.24, 2.45) is 22.6 Å². The molecular formula is C25H31F3N4O5. The highest BCUT2D eigenvalue weighted by Crippen LogP contribution is 2.49. The number of nitrogens with zero attached hydrogens (tertiary/aromatic N) is 2. The highest BCUT2D eigenvalue weighted by Gasteiger charge is 2.49. The highest BCUT2D eigenvalue weighted by atomic mass is 19.4.